The molecule has 0 amide bonds. The lowest BCUT2D eigenvalue weighted by molar-refractivity contribution is -0.169. The highest BCUT2D eigenvalue weighted by Crippen LogP contribution is 2.18. The molecular weight excluding hydrogens is 256 g/mol. The van der Waals surface area contributed by atoms with Crippen LogP contribution in [0, 0.1) is 0 Å². The van der Waals surface area contributed by atoms with Gasteiger partial charge in [-0.2, -0.15) is 0 Å². The molecule has 0 saturated carbocycles. The van der Waals surface area contributed by atoms with Gasteiger partial charge in [-0.3, -0.25) is 0 Å². The Kier molecular flexibility index (Phi) is 5.38. The van der Waals surface area contributed by atoms with Gasteiger partial charge in [0.25, 0.3) is 0 Å². The lowest BCUT2D eigenvalue weighted by Gasteiger charge is -2.23. The van der Waals surface area contributed by atoms with Crippen LogP contribution in [0.2, 0.25) is 0 Å². The molecule has 1 aliphatic rings. The summed E-state index contributed by atoms with van der Waals surface area (Å²) in [7, 11) is 0. The van der Waals surface area contributed by atoms with Crippen LogP contribution in [0.15, 0.2) is 23.4 Å². The van der Waals surface area contributed by atoms with Gasteiger partial charge in [0, 0.05) is 12.2 Å². The van der Waals surface area contributed by atoms with Crippen LogP contribution in [0.1, 0.15) is 42.9 Å². The second-order valence-corrected chi connectivity index (χ2v) is 4.93. The van der Waals surface area contributed by atoms with Gasteiger partial charge >= 0.3 is 0 Å². The standard InChI is InChI=1S/C15H22N2O3/c1-2-11-9-12(15(16)17-18)6-7-13(11)10-20-14-5-3-4-8-19-14/h6-7,9,14,18H,2-5,8,10H2,1H3,(H2,16,17). The summed E-state index contributed by atoms with van der Waals surface area (Å²) in [6.45, 7) is 3.39. The van der Waals surface area contributed by atoms with Crippen LogP contribution in [0.25, 0.3) is 0 Å². The van der Waals surface area contributed by atoms with Gasteiger partial charge in [-0.1, -0.05) is 24.2 Å². The second-order valence-electron chi connectivity index (χ2n) is 4.93. The zero-order valence-electron chi connectivity index (χ0n) is 11.8. The van der Waals surface area contributed by atoms with Crippen LogP contribution in [0.5, 0.6) is 0 Å². The highest BCUT2D eigenvalue weighted by Gasteiger charge is 2.15. The van der Waals surface area contributed by atoms with Crippen LogP contribution in [0.3, 0.4) is 0 Å². The minimum Gasteiger partial charge on any atom is -0.409 e. The lowest BCUT2D eigenvalue weighted by Crippen LogP contribution is -2.22. The first-order chi connectivity index (χ1) is 9.74. The zero-order valence-corrected chi connectivity index (χ0v) is 11.8. The number of hydrogen-bond acceptors (Lipinski definition) is 4. The number of hydrogen-bond donors (Lipinski definition) is 2. The van der Waals surface area contributed by atoms with E-state index in [1.807, 2.05) is 18.2 Å². The first-order valence-electron chi connectivity index (χ1n) is 7.07. The minimum absolute atomic E-state index is 0.0859. The molecule has 3 N–H and O–H groups in total. The number of ether oxygens (including phenoxy) is 2. The van der Waals surface area contributed by atoms with Crippen molar-refractivity contribution in [3.63, 3.8) is 0 Å². The van der Waals surface area contributed by atoms with Crippen molar-refractivity contribution in [2.24, 2.45) is 10.9 Å². The lowest BCUT2D eigenvalue weighted by atomic mass is 10.0. The van der Waals surface area contributed by atoms with Gasteiger partial charge in [0.15, 0.2) is 12.1 Å². The number of rotatable bonds is 5. The summed E-state index contributed by atoms with van der Waals surface area (Å²) >= 11 is 0. The molecule has 5 nitrogen and oxygen atoms in total. The van der Waals surface area contributed by atoms with Crippen molar-refractivity contribution < 1.29 is 14.7 Å². The Morgan fingerprint density at radius 1 is 1.45 bits per heavy atom. The SMILES string of the molecule is CCc1cc(/C(N)=N\O)ccc1COC1CCCCO1. The number of benzene rings is 1. The van der Waals surface area contributed by atoms with Gasteiger partial charge in [-0.15, -0.1) is 0 Å². The maximum Gasteiger partial charge on any atom is 0.170 e. The van der Waals surface area contributed by atoms with E-state index in [1.165, 1.54) is 0 Å². The van der Waals surface area contributed by atoms with E-state index in [2.05, 4.69) is 12.1 Å². The molecule has 20 heavy (non-hydrogen) atoms. The first-order valence-corrected chi connectivity index (χ1v) is 7.07. The number of nitrogens with two attached hydrogens (primary N) is 1. The molecule has 1 aliphatic heterocycles. The molecule has 1 fully saturated rings. The van der Waals surface area contributed by atoms with Crippen molar-refractivity contribution in [3.05, 3.63) is 34.9 Å². The van der Waals surface area contributed by atoms with Crippen molar-refractivity contribution in [3.8, 4) is 0 Å². The average Bonchev–Trinajstić information content (AvgIpc) is 2.53. The van der Waals surface area contributed by atoms with E-state index in [1.54, 1.807) is 0 Å². The summed E-state index contributed by atoms with van der Waals surface area (Å²) in [6, 6.07) is 5.75. The first kappa shape index (κ1) is 14.8. The monoisotopic (exact) mass is 278 g/mol. The van der Waals surface area contributed by atoms with Gasteiger partial charge in [0.2, 0.25) is 0 Å². The Balaban J connectivity index is 2.03. The van der Waals surface area contributed by atoms with E-state index in [0.717, 1.165) is 49.0 Å². The fourth-order valence-electron chi connectivity index (χ4n) is 2.34. The van der Waals surface area contributed by atoms with Crippen molar-refractivity contribution >= 4 is 5.84 Å². The maximum absolute atomic E-state index is 8.72. The molecule has 1 heterocycles. The van der Waals surface area contributed by atoms with E-state index < -0.39 is 0 Å². The van der Waals surface area contributed by atoms with Crippen molar-refractivity contribution in [1.82, 2.24) is 0 Å². The normalized spacial score (nSPS) is 20.1. The zero-order chi connectivity index (χ0) is 14.4. The summed E-state index contributed by atoms with van der Waals surface area (Å²) in [4.78, 5) is 0. The van der Waals surface area contributed by atoms with Crippen molar-refractivity contribution in [2.45, 2.75) is 45.5 Å². The molecule has 110 valence electrons. The van der Waals surface area contributed by atoms with Gasteiger partial charge in [-0.05, 0) is 42.9 Å². The number of oxime groups is 1. The van der Waals surface area contributed by atoms with Gasteiger partial charge in [-0.25, -0.2) is 0 Å². The van der Waals surface area contributed by atoms with Crippen LogP contribution >= 0.6 is 0 Å². The molecule has 0 bridgehead atoms. The third kappa shape index (κ3) is 3.71. The highest BCUT2D eigenvalue weighted by molar-refractivity contribution is 5.97. The molecule has 0 spiro atoms. The smallest absolute Gasteiger partial charge is 0.170 e. The molecule has 0 radical (unpaired) electrons. The van der Waals surface area contributed by atoms with E-state index in [9.17, 15) is 0 Å². The molecule has 2 rings (SSSR count). The van der Waals surface area contributed by atoms with Crippen molar-refractivity contribution in [2.75, 3.05) is 6.61 Å². The van der Waals surface area contributed by atoms with Gasteiger partial charge in [0.05, 0.1) is 6.61 Å². The Labute approximate surface area is 119 Å². The Bertz CT molecular complexity index is 468. The van der Waals surface area contributed by atoms with Gasteiger partial charge < -0.3 is 20.4 Å². The quantitative estimate of drug-likeness (QED) is 0.375. The molecule has 0 aliphatic carbocycles. The van der Waals surface area contributed by atoms with E-state index in [0.29, 0.717) is 6.61 Å². The number of nitrogens with zero attached hydrogens (tertiary/aromatic N) is 1. The Hall–Kier alpha value is -1.59. The molecule has 0 aromatic heterocycles. The molecule has 1 aromatic rings. The fourth-order valence-corrected chi connectivity index (χ4v) is 2.34. The molecular formula is C15H22N2O3. The summed E-state index contributed by atoms with van der Waals surface area (Å²) < 4.78 is 11.4. The summed E-state index contributed by atoms with van der Waals surface area (Å²) in [6.07, 6.45) is 4.03. The predicted molar refractivity (Wildman–Crippen MR) is 76.7 cm³/mol. The number of amidine groups is 1. The van der Waals surface area contributed by atoms with Crippen LogP contribution < -0.4 is 5.73 Å². The topological polar surface area (TPSA) is 77.1 Å². The van der Waals surface area contributed by atoms with Gasteiger partial charge in [0.1, 0.15) is 0 Å². The number of aryl methyl sites for hydroxylation is 1. The molecule has 5 heteroatoms. The van der Waals surface area contributed by atoms with E-state index in [-0.39, 0.29) is 12.1 Å². The van der Waals surface area contributed by atoms with Crippen LogP contribution in [0.4, 0.5) is 0 Å². The van der Waals surface area contributed by atoms with Crippen molar-refractivity contribution in [1.29, 1.82) is 0 Å². The summed E-state index contributed by atoms with van der Waals surface area (Å²) in [5.41, 5.74) is 8.60. The molecule has 1 aromatic carbocycles. The summed E-state index contributed by atoms with van der Waals surface area (Å²) in [5, 5.41) is 11.7. The third-order valence-electron chi connectivity index (χ3n) is 3.55. The largest absolute Gasteiger partial charge is 0.409 e. The Morgan fingerprint density at radius 2 is 2.30 bits per heavy atom. The van der Waals surface area contributed by atoms with Crippen LogP contribution in [-0.4, -0.2) is 23.9 Å². The van der Waals surface area contributed by atoms with E-state index in [4.69, 9.17) is 20.4 Å². The summed E-state index contributed by atoms with van der Waals surface area (Å²) in [5.74, 6) is 0.128. The predicted octanol–water partition coefficient (Wildman–Crippen LogP) is 2.39. The highest BCUT2D eigenvalue weighted by atomic mass is 16.7. The fraction of sp³-hybridized carbons (Fsp3) is 0.533. The Morgan fingerprint density at radius 3 is 2.95 bits per heavy atom. The van der Waals surface area contributed by atoms with Crippen LogP contribution in [-0.2, 0) is 22.5 Å². The third-order valence-corrected chi connectivity index (χ3v) is 3.55. The second kappa shape index (κ2) is 7.26. The molecule has 1 atom stereocenters. The molecule has 1 unspecified atom stereocenters. The maximum atomic E-state index is 8.72. The average molecular weight is 278 g/mol. The van der Waals surface area contributed by atoms with E-state index >= 15 is 0 Å². The minimum atomic E-state index is -0.0859. The molecule has 1 saturated heterocycles.